The number of aromatic nitrogens is 2. The van der Waals surface area contributed by atoms with Gasteiger partial charge in [0.2, 0.25) is 0 Å². The van der Waals surface area contributed by atoms with Crippen LogP contribution in [0.1, 0.15) is 15.4 Å². The molecule has 0 atom stereocenters. The van der Waals surface area contributed by atoms with Crippen molar-refractivity contribution < 1.29 is 14.5 Å². The number of nitro groups is 1. The third-order valence-electron chi connectivity index (χ3n) is 2.08. The van der Waals surface area contributed by atoms with Gasteiger partial charge in [0.15, 0.2) is 4.88 Å². The van der Waals surface area contributed by atoms with Gasteiger partial charge in [-0.05, 0) is 24.5 Å². The molecule has 0 saturated carbocycles. The molecule has 0 spiro atoms. The minimum Gasteiger partial charge on any atom is -0.422 e. The number of aryl methyl sites for hydroxylation is 1. The Morgan fingerprint density at radius 2 is 2.28 bits per heavy atom. The van der Waals surface area contributed by atoms with Crippen LogP contribution in [0.2, 0.25) is 0 Å². The molecule has 92 valence electrons. The van der Waals surface area contributed by atoms with Crippen LogP contribution in [0.25, 0.3) is 0 Å². The van der Waals surface area contributed by atoms with E-state index in [-0.39, 0.29) is 16.3 Å². The second-order valence-electron chi connectivity index (χ2n) is 3.33. The largest absolute Gasteiger partial charge is 0.422 e. The molecule has 0 fully saturated rings. The van der Waals surface area contributed by atoms with E-state index in [9.17, 15) is 14.9 Å². The van der Waals surface area contributed by atoms with E-state index in [1.165, 1.54) is 24.3 Å². The van der Waals surface area contributed by atoms with Crippen molar-refractivity contribution in [2.75, 3.05) is 0 Å². The third kappa shape index (κ3) is 2.48. The summed E-state index contributed by atoms with van der Waals surface area (Å²) in [5.41, 5.74) is 0.329. The smallest absolute Gasteiger partial charge is 0.357 e. The van der Waals surface area contributed by atoms with Gasteiger partial charge in [0, 0.05) is 6.07 Å². The van der Waals surface area contributed by atoms with Gasteiger partial charge in [-0.2, -0.15) is 0 Å². The lowest BCUT2D eigenvalue weighted by Crippen LogP contribution is -2.08. The number of hydrogen-bond acceptors (Lipinski definition) is 7. The van der Waals surface area contributed by atoms with Crippen LogP contribution < -0.4 is 4.74 Å². The van der Waals surface area contributed by atoms with E-state index in [1.54, 1.807) is 6.92 Å². The molecule has 7 nitrogen and oxygen atoms in total. The Morgan fingerprint density at radius 3 is 2.89 bits per heavy atom. The number of non-ortho nitro benzene ring substituents is 1. The Morgan fingerprint density at radius 1 is 1.50 bits per heavy atom. The Bertz CT molecular complexity index is 611. The maximum atomic E-state index is 11.7. The molecule has 0 aliphatic carbocycles. The van der Waals surface area contributed by atoms with E-state index in [0.717, 1.165) is 11.5 Å². The molecule has 0 amide bonds. The zero-order valence-corrected chi connectivity index (χ0v) is 10.0. The zero-order chi connectivity index (χ0) is 13.1. The van der Waals surface area contributed by atoms with Gasteiger partial charge in [0.25, 0.3) is 5.69 Å². The molecule has 1 aromatic heterocycles. The minimum absolute atomic E-state index is 0.113. The summed E-state index contributed by atoms with van der Waals surface area (Å²) in [5, 5.41) is 14.3. The van der Waals surface area contributed by atoms with Crippen LogP contribution in [0.15, 0.2) is 24.3 Å². The number of nitrogens with zero attached hydrogens (tertiary/aromatic N) is 3. The van der Waals surface area contributed by atoms with Crippen LogP contribution in [-0.2, 0) is 0 Å². The fraction of sp³-hybridized carbons (Fsp3) is 0.100. The van der Waals surface area contributed by atoms with Crippen molar-refractivity contribution in [1.82, 2.24) is 9.59 Å². The van der Waals surface area contributed by atoms with E-state index in [4.69, 9.17) is 4.74 Å². The van der Waals surface area contributed by atoms with Crippen LogP contribution in [-0.4, -0.2) is 20.5 Å². The van der Waals surface area contributed by atoms with Gasteiger partial charge in [-0.3, -0.25) is 10.1 Å². The van der Waals surface area contributed by atoms with Crippen molar-refractivity contribution in [2.24, 2.45) is 0 Å². The average molecular weight is 265 g/mol. The Balaban J connectivity index is 2.20. The summed E-state index contributed by atoms with van der Waals surface area (Å²) in [6.07, 6.45) is 0. The number of carbonyl (C=O) groups is 1. The lowest BCUT2D eigenvalue weighted by Gasteiger charge is -2.02. The molecule has 0 bridgehead atoms. The summed E-state index contributed by atoms with van der Waals surface area (Å²) >= 11 is 0.918. The first-order valence-corrected chi connectivity index (χ1v) is 5.61. The van der Waals surface area contributed by atoms with Gasteiger partial charge >= 0.3 is 5.97 Å². The number of rotatable bonds is 3. The highest BCUT2D eigenvalue weighted by Crippen LogP contribution is 2.21. The van der Waals surface area contributed by atoms with Crippen LogP contribution in [0.3, 0.4) is 0 Å². The molecular formula is C10H7N3O4S. The van der Waals surface area contributed by atoms with Crippen molar-refractivity contribution >= 4 is 23.2 Å². The first kappa shape index (κ1) is 12.1. The fourth-order valence-electron chi connectivity index (χ4n) is 1.23. The van der Waals surface area contributed by atoms with E-state index in [0.29, 0.717) is 5.69 Å². The number of esters is 1. The maximum Gasteiger partial charge on any atom is 0.357 e. The summed E-state index contributed by atoms with van der Waals surface area (Å²) in [5.74, 6) is -0.509. The number of carbonyl (C=O) groups excluding carboxylic acids is 1. The number of hydrogen-bond donors (Lipinski definition) is 0. The van der Waals surface area contributed by atoms with Gasteiger partial charge in [-0.25, -0.2) is 4.79 Å². The van der Waals surface area contributed by atoms with E-state index >= 15 is 0 Å². The lowest BCUT2D eigenvalue weighted by molar-refractivity contribution is -0.384. The molecule has 18 heavy (non-hydrogen) atoms. The molecule has 2 rings (SSSR count). The van der Waals surface area contributed by atoms with E-state index in [1.807, 2.05) is 0 Å². The molecule has 1 aromatic carbocycles. The van der Waals surface area contributed by atoms with Crippen LogP contribution in [0.4, 0.5) is 5.69 Å². The average Bonchev–Trinajstić information content (AvgIpc) is 2.76. The number of ether oxygens (including phenoxy) is 1. The van der Waals surface area contributed by atoms with E-state index < -0.39 is 10.9 Å². The Hall–Kier alpha value is -2.35. The van der Waals surface area contributed by atoms with Gasteiger partial charge in [-0.15, -0.1) is 5.10 Å². The summed E-state index contributed by atoms with van der Waals surface area (Å²) in [4.78, 5) is 22.0. The normalized spacial score (nSPS) is 10.1. The first-order chi connectivity index (χ1) is 8.58. The quantitative estimate of drug-likeness (QED) is 0.364. The number of nitro benzene ring substituents is 1. The van der Waals surface area contributed by atoms with Crippen LogP contribution >= 0.6 is 11.5 Å². The monoisotopic (exact) mass is 265 g/mol. The number of benzene rings is 1. The molecule has 0 radical (unpaired) electrons. The maximum absolute atomic E-state index is 11.7. The molecule has 0 saturated heterocycles. The third-order valence-corrected chi connectivity index (χ3v) is 2.88. The van der Waals surface area contributed by atoms with Crippen LogP contribution in [0.5, 0.6) is 5.75 Å². The molecular weight excluding hydrogens is 258 g/mol. The van der Waals surface area contributed by atoms with Crippen molar-refractivity contribution in [1.29, 1.82) is 0 Å². The zero-order valence-electron chi connectivity index (χ0n) is 9.19. The molecule has 0 N–H and O–H groups in total. The Labute approximate surface area is 105 Å². The van der Waals surface area contributed by atoms with Crippen molar-refractivity contribution in [3.05, 3.63) is 45.0 Å². The van der Waals surface area contributed by atoms with Gasteiger partial charge in [0.05, 0.1) is 16.7 Å². The molecule has 2 aromatic rings. The molecule has 1 heterocycles. The predicted octanol–water partition coefficient (Wildman–Crippen LogP) is 1.97. The highest BCUT2D eigenvalue weighted by atomic mass is 32.1. The second-order valence-corrected chi connectivity index (χ2v) is 4.09. The summed E-state index contributed by atoms with van der Waals surface area (Å²) in [6.45, 7) is 1.63. The predicted molar refractivity (Wildman–Crippen MR) is 62.7 cm³/mol. The molecule has 0 aliphatic rings. The molecule has 0 unspecified atom stereocenters. The highest BCUT2D eigenvalue weighted by molar-refractivity contribution is 7.07. The molecule has 0 aliphatic heterocycles. The van der Waals surface area contributed by atoms with Crippen LogP contribution in [0, 0.1) is 17.0 Å². The van der Waals surface area contributed by atoms with Gasteiger partial charge in [-0.1, -0.05) is 10.6 Å². The minimum atomic E-state index is -0.622. The summed E-state index contributed by atoms with van der Waals surface area (Å²) < 4.78 is 8.63. The van der Waals surface area contributed by atoms with Crippen molar-refractivity contribution in [3.63, 3.8) is 0 Å². The highest BCUT2D eigenvalue weighted by Gasteiger charge is 2.16. The van der Waals surface area contributed by atoms with E-state index in [2.05, 4.69) is 9.59 Å². The SMILES string of the molecule is Cc1nnsc1C(=O)Oc1cccc([N+](=O)[O-])c1. The lowest BCUT2D eigenvalue weighted by atomic mass is 10.3. The molecule has 8 heteroatoms. The topological polar surface area (TPSA) is 95.2 Å². The van der Waals surface area contributed by atoms with Crippen molar-refractivity contribution in [2.45, 2.75) is 6.92 Å². The fourth-order valence-corrected chi connectivity index (χ4v) is 1.77. The summed E-state index contributed by atoms with van der Waals surface area (Å²) in [6, 6.07) is 5.41. The van der Waals surface area contributed by atoms with Gasteiger partial charge in [0.1, 0.15) is 5.75 Å². The second kappa shape index (κ2) is 4.88. The van der Waals surface area contributed by atoms with Gasteiger partial charge < -0.3 is 4.74 Å². The Kier molecular flexibility index (Phi) is 3.28. The van der Waals surface area contributed by atoms with Crippen molar-refractivity contribution in [3.8, 4) is 5.75 Å². The standard InChI is InChI=1S/C10H7N3O4S/c1-6-9(18-12-11-6)10(14)17-8-4-2-3-7(5-8)13(15)16/h2-5H,1H3. The first-order valence-electron chi connectivity index (χ1n) is 4.83. The summed E-state index contributed by atoms with van der Waals surface area (Å²) in [7, 11) is 0.